The van der Waals surface area contributed by atoms with E-state index in [1.54, 1.807) is 23.7 Å². The quantitative estimate of drug-likeness (QED) is 0.758. The lowest BCUT2D eigenvalue weighted by molar-refractivity contribution is -0.150. The van der Waals surface area contributed by atoms with Crippen molar-refractivity contribution in [3.05, 3.63) is 0 Å². The fourth-order valence-corrected chi connectivity index (χ4v) is 3.32. The number of nitrogens with one attached hydrogen (secondary N) is 1. The fraction of sp³-hybridized carbons (Fsp3) is 0.867. The van der Waals surface area contributed by atoms with Crippen LogP contribution in [0, 0.1) is 5.41 Å². The second-order valence-corrected chi connectivity index (χ2v) is 7.03. The first-order valence-electron chi connectivity index (χ1n) is 7.66. The maximum Gasteiger partial charge on any atom is 0.317 e. The zero-order valence-electron chi connectivity index (χ0n) is 13.4. The van der Waals surface area contributed by atoms with Gasteiger partial charge in [0.1, 0.15) is 0 Å². The molecular formula is C15H28N2O3S. The molecule has 1 rings (SSSR count). The SMILES string of the molecule is CSCCC(C)N(C)C(=O)NCC1(C(=O)O)CCCCC1. The highest BCUT2D eigenvalue weighted by molar-refractivity contribution is 7.98. The summed E-state index contributed by atoms with van der Waals surface area (Å²) in [6, 6.07) is -0.0145. The summed E-state index contributed by atoms with van der Waals surface area (Å²) in [6.45, 7) is 2.25. The van der Waals surface area contributed by atoms with E-state index in [4.69, 9.17) is 0 Å². The van der Waals surface area contributed by atoms with Gasteiger partial charge in [-0.3, -0.25) is 4.79 Å². The standard InChI is InChI=1S/C15H28N2O3S/c1-12(7-10-21-3)17(2)14(20)16-11-15(13(18)19)8-5-4-6-9-15/h12H,4-11H2,1-3H3,(H,16,20)(H,18,19). The lowest BCUT2D eigenvalue weighted by atomic mass is 9.74. The first-order valence-corrected chi connectivity index (χ1v) is 9.05. The minimum absolute atomic E-state index is 0.157. The Bertz CT molecular complexity index is 357. The number of carboxylic acids is 1. The van der Waals surface area contributed by atoms with E-state index in [9.17, 15) is 14.7 Å². The van der Waals surface area contributed by atoms with E-state index in [1.165, 1.54) is 0 Å². The summed E-state index contributed by atoms with van der Waals surface area (Å²) >= 11 is 1.76. The largest absolute Gasteiger partial charge is 0.481 e. The number of carboxylic acid groups (broad SMARTS) is 1. The van der Waals surface area contributed by atoms with Crippen LogP contribution in [0.25, 0.3) is 0 Å². The van der Waals surface area contributed by atoms with E-state index < -0.39 is 11.4 Å². The van der Waals surface area contributed by atoms with Crippen molar-refractivity contribution in [2.75, 3.05) is 25.6 Å². The van der Waals surface area contributed by atoms with Crippen LogP contribution in [0.15, 0.2) is 0 Å². The molecule has 6 heteroatoms. The number of hydrogen-bond acceptors (Lipinski definition) is 3. The molecule has 122 valence electrons. The van der Waals surface area contributed by atoms with Crippen LogP contribution in [-0.2, 0) is 4.79 Å². The highest BCUT2D eigenvalue weighted by Gasteiger charge is 2.40. The molecular weight excluding hydrogens is 288 g/mol. The molecule has 0 aromatic rings. The molecule has 0 saturated heterocycles. The van der Waals surface area contributed by atoms with Crippen molar-refractivity contribution in [1.29, 1.82) is 0 Å². The Balaban J connectivity index is 2.51. The molecule has 1 aliphatic rings. The van der Waals surface area contributed by atoms with Crippen LogP contribution in [0.2, 0.25) is 0 Å². The molecule has 0 heterocycles. The van der Waals surface area contributed by atoms with Crippen LogP contribution < -0.4 is 5.32 Å². The van der Waals surface area contributed by atoms with Gasteiger partial charge in [-0.05, 0) is 38.2 Å². The Morgan fingerprint density at radius 2 is 1.95 bits per heavy atom. The third-order valence-electron chi connectivity index (χ3n) is 4.56. The van der Waals surface area contributed by atoms with Crippen molar-refractivity contribution in [2.45, 2.75) is 51.5 Å². The van der Waals surface area contributed by atoms with Gasteiger partial charge < -0.3 is 15.3 Å². The third kappa shape index (κ3) is 5.09. The Morgan fingerprint density at radius 3 is 2.48 bits per heavy atom. The first-order chi connectivity index (χ1) is 9.93. The lowest BCUT2D eigenvalue weighted by Gasteiger charge is -2.34. The second-order valence-electron chi connectivity index (χ2n) is 6.05. The molecule has 0 aliphatic heterocycles. The maximum atomic E-state index is 12.2. The molecule has 0 bridgehead atoms. The molecule has 1 unspecified atom stereocenters. The summed E-state index contributed by atoms with van der Waals surface area (Å²) in [5.74, 6) is 0.235. The topological polar surface area (TPSA) is 69.6 Å². The van der Waals surface area contributed by atoms with Crippen molar-refractivity contribution in [3.8, 4) is 0 Å². The predicted octanol–water partition coefficient (Wildman–Crippen LogP) is 2.80. The number of nitrogens with zero attached hydrogens (tertiary/aromatic N) is 1. The molecule has 2 N–H and O–H groups in total. The van der Waals surface area contributed by atoms with Gasteiger partial charge in [0.25, 0.3) is 0 Å². The number of hydrogen-bond donors (Lipinski definition) is 2. The van der Waals surface area contributed by atoms with E-state index in [0.29, 0.717) is 12.8 Å². The highest BCUT2D eigenvalue weighted by atomic mass is 32.2. The summed E-state index contributed by atoms with van der Waals surface area (Å²) in [6.07, 6.45) is 7.27. The summed E-state index contributed by atoms with van der Waals surface area (Å²) in [5.41, 5.74) is -0.767. The van der Waals surface area contributed by atoms with Gasteiger partial charge >= 0.3 is 12.0 Å². The predicted molar refractivity (Wildman–Crippen MR) is 86.8 cm³/mol. The summed E-state index contributed by atoms with van der Waals surface area (Å²) in [4.78, 5) is 25.4. The summed E-state index contributed by atoms with van der Waals surface area (Å²) in [5, 5.41) is 12.3. The Labute approximate surface area is 131 Å². The van der Waals surface area contributed by atoms with Gasteiger partial charge in [0.2, 0.25) is 0 Å². The van der Waals surface area contributed by atoms with Crippen LogP contribution in [-0.4, -0.2) is 53.6 Å². The monoisotopic (exact) mass is 316 g/mol. The maximum absolute atomic E-state index is 12.2. The molecule has 0 aromatic carbocycles. The molecule has 0 radical (unpaired) electrons. The van der Waals surface area contributed by atoms with E-state index in [0.717, 1.165) is 31.4 Å². The van der Waals surface area contributed by atoms with Gasteiger partial charge in [0, 0.05) is 19.6 Å². The van der Waals surface area contributed by atoms with Crippen LogP contribution in [0.1, 0.15) is 45.4 Å². The minimum atomic E-state index is -0.777. The van der Waals surface area contributed by atoms with Gasteiger partial charge in [-0.15, -0.1) is 0 Å². The molecule has 5 nitrogen and oxygen atoms in total. The number of carbonyl (C=O) groups excluding carboxylic acids is 1. The van der Waals surface area contributed by atoms with Crippen LogP contribution >= 0.6 is 11.8 Å². The molecule has 1 fully saturated rings. The van der Waals surface area contributed by atoms with Crippen molar-refractivity contribution in [3.63, 3.8) is 0 Å². The smallest absolute Gasteiger partial charge is 0.317 e. The fourth-order valence-electron chi connectivity index (χ4n) is 2.75. The normalized spacial score (nSPS) is 18.8. The van der Waals surface area contributed by atoms with Crippen molar-refractivity contribution in [2.24, 2.45) is 5.41 Å². The van der Waals surface area contributed by atoms with Gasteiger partial charge in [-0.1, -0.05) is 19.3 Å². The van der Waals surface area contributed by atoms with Crippen LogP contribution in [0.3, 0.4) is 0 Å². The summed E-state index contributed by atoms with van der Waals surface area (Å²) in [7, 11) is 1.77. The zero-order chi connectivity index (χ0) is 15.9. The van der Waals surface area contributed by atoms with E-state index in [-0.39, 0.29) is 18.6 Å². The van der Waals surface area contributed by atoms with Gasteiger partial charge in [-0.2, -0.15) is 11.8 Å². The highest BCUT2D eigenvalue weighted by Crippen LogP contribution is 2.36. The van der Waals surface area contributed by atoms with E-state index in [2.05, 4.69) is 5.32 Å². The molecule has 21 heavy (non-hydrogen) atoms. The zero-order valence-corrected chi connectivity index (χ0v) is 14.2. The first kappa shape index (κ1) is 18.1. The molecule has 2 amide bonds. The van der Waals surface area contributed by atoms with Crippen LogP contribution in [0.5, 0.6) is 0 Å². The Morgan fingerprint density at radius 1 is 1.33 bits per heavy atom. The van der Waals surface area contributed by atoms with E-state index in [1.807, 2.05) is 13.2 Å². The molecule has 0 aromatic heterocycles. The number of urea groups is 1. The number of amides is 2. The number of rotatable bonds is 7. The molecule has 0 spiro atoms. The summed E-state index contributed by atoms with van der Waals surface area (Å²) < 4.78 is 0. The minimum Gasteiger partial charge on any atom is -0.481 e. The average Bonchev–Trinajstić information content (AvgIpc) is 2.50. The molecule has 1 aliphatic carbocycles. The second kappa shape index (κ2) is 8.51. The van der Waals surface area contributed by atoms with Crippen LogP contribution in [0.4, 0.5) is 4.79 Å². The lowest BCUT2D eigenvalue weighted by Crippen LogP contribution is -2.49. The van der Waals surface area contributed by atoms with Gasteiger partial charge in [0.05, 0.1) is 5.41 Å². The Kier molecular flexibility index (Phi) is 7.35. The van der Waals surface area contributed by atoms with Crippen molar-refractivity contribution in [1.82, 2.24) is 10.2 Å². The van der Waals surface area contributed by atoms with Crippen molar-refractivity contribution >= 4 is 23.8 Å². The number of aliphatic carboxylic acids is 1. The van der Waals surface area contributed by atoms with Gasteiger partial charge in [-0.25, -0.2) is 4.79 Å². The average molecular weight is 316 g/mol. The Hall–Kier alpha value is -0.910. The molecule has 1 saturated carbocycles. The van der Waals surface area contributed by atoms with Crippen molar-refractivity contribution < 1.29 is 14.7 Å². The van der Waals surface area contributed by atoms with E-state index >= 15 is 0 Å². The van der Waals surface area contributed by atoms with Gasteiger partial charge in [0.15, 0.2) is 0 Å². The molecule has 1 atom stereocenters. The number of carbonyl (C=O) groups is 2. The third-order valence-corrected chi connectivity index (χ3v) is 5.21. The number of thioether (sulfide) groups is 1.